The molecule has 9 nitrogen and oxygen atoms in total. The Bertz CT molecular complexity index is 340. The fourth-order valence-corrected chi connectivity index (χ4v) is 1.16. The normalized spacial score (nSPS) is 17.8. The Hall–Kier alpha value is -1.26. The van der Waals surface area contributed by atoms with Crippen molar-refractivity contribution < 1.29 is 39.9 Å². The van der Waals surface area contributed by atoms with Crippen LogP contribution >= 0.6 is 0 Å². The summed E-state index contributed by atoms with van der Waals surface area (Å²) in [6.45, 7) is 3.80. The van der Waals surface area contributed by atoms with Crippen molar-refractivity contribution in [2.24, 2.45) is 0 Å². The third-order valence-electron chi connectivity index (χ3n) is 2.15. The summed E-state index contributed by atoms with van der Waals surface area (Å²) in [5.74, 6) is -1.31. The average Bonchev–Trinajstić information content (AvgIpc) is 2.32. The van der Waals surface area contributed by atoms with Crippen molar-refractivity contribution in [3.8, 4) is 0 Å². The lowest BCUT2D eigenvalue weighted by atomic mass is 10.0. The molecule has 2 amide bonds. The number of ether oxygens (including phenoxy) is 1. The molecule has 0 radical (unpaired) electrons. The van der Waals surface area contributed by atoms with Crippen LogP contribution in [0.4, 0.5) is 4.79 Å². The maximum absolute atomic E-state index is 11.4. The molecule has 0 aliphatic heterocycles. The largest absolute Gasteiger partial charge is 0.444 e. The predicted molar refractivity (Wildman–Crippen MR) is 65.5 cm³/mol. The third kappa shape index (κ3) is 6.26. The minimum absolute atomic E-state index is 0.861. The molecule has 0 saturated carbocycles. The number of hydrogen-bond donors (Lipinski definition) is 6. The highest BCUT2D eigenvalue weighted by Crippen LogP contribution is 2.08. The number of imide groups is 1. The minimum Gasteiger partial charge on any atom is -0.444 e. The summed E-state index contributed by atoms with van der Waals surface area (Å²) in [7, 11) is 0. The molecule has 0 heterocycles. The molecule has 0 aromatic carbocycles. The van der Waals surface area contributed by atoms with E-state index in [4.69, 9.17) is 14.9 Å². The van der Waals surface area contributed by atoms with E-state index >= 15 is 0 Å². The lowest BCUT2D eigenvalue weighted by Crippen LogP contribution is -2.53. The molecule has 20 heavy (non-hydrogen) atoms. The van der Waals surface area contributed by atoms with Gasteiger partial charge in [-0.05, 0) is 20.8 Å². The van der Waals surface area contributed by atoms with Gasteiger partial charge in [-0.2, -0.15) is 0 Å². The van der Waals surface area contributed by atoms with Gasteiger partial charge in [-0.1, -0.05) is 0 Å². The first-order chi connectivity index (χ1) is 8.99. The number of amides is 2. The Morgan fingerprint density at radius 1 is 1.10 bits per heavy atom. The van der Waals surface area contributed by atoms with E-state index in [0.29, 0.717) is 0 Å². The molecule has 0 spiro atoms. The number of rotatable bonds is 5. The van der Waals surface area contributed by atoms with Crippen molar-refractivity contribution in [1.29, 1.82) is 0 Å². The van der Waals surface area contributed by atoms with Gasteiger partial charge in [0.25, 0.3) is 5.91 Å². The lowest BCUT2D eigenvalue weighted by molar-refractivity contribution is -0.148. The Labute approximate surface area is 115 Å². The molecule has 4 atom stereocenters. The highest BCUT2D eigenvalue weighted by atomic mass is 16.6. The second-order valence-electron chi connectivity index (χ2n) is 5.17. The van der Waals surface area contributed by atoms with Crippen LogP contribution in [0.2, 0.25) is 0 Å². The van der Waals surface area contributed by atoms with E-state index in [2.05, 4.69) is 0 Å². The third-order valence-corrected chi connectivity index (χ3v) is 2.15. The van der Waals surface area contributed by atoms with E-state index in [1.807, 2.05) is 0 Å². The molecule has 9 heteroatoms. The van der Waals surface area contributed by atoms with Gasteiger partial charge in [0.1, 0.15) is 23.9 Å². The van der Waals surface area contributed by atoms with Gasteiger partial charge in [0.15, 0.2) is 6.10 Å². The minimum atomic E-state index is -2.18. The lowest BCUT2D eigenvalue weighted by Gasteiger charge is -2.25. The molecular formula is C11H21NO8. The number of alkyl carbamates (subject to hydrolysis) is 1. The summed E-state index contributed by atoms with van der Waals surface area (Å²) >= 11 is 0. The van der Waals surface area contributed by atoms with E-state index in [9.17, 15) is 24.9 Å². The van der Waals surface area contributed by atoms with Crippen molar-refractivity contribution in [2.75, 3.05) is 6.61 Å². The van der Waals surface area contributed by atoms with Crippen molar-refractivity contribution in [1.82, 2.24) is 5.32 Å². The number of carbonyl (C=O) groups excluding carboxylic acids is 2. The number of carbonyl (C=O) groups is 2. The van der Waals surface area contributed by atoms with Gasteiger partial charge < -0.3 is 30.3 Å². The second-order valence-corrected chi connectivity index (χ2v) is 5.17. The van der Waals surface area contributed by atoms with Crippen LogP contribution < -0.4 is 5.32 Å². The Kier molecular flexibility index (Phi) is 7.03. The standard InChI is InChI=1S/C11H21NO8/c1-11(2,3)20-10(19)12-9(18)8(17)7(16)6(15)5(14)4-13/h5-8,13-17H,4H2,1-3H3,(H,12,18,19)/t5-,6-,7+,8-/m1/s1. The number of nitrogens with one attached hydrogen (secondary N) is 1. The quantitative estimate of drug-likeness (QED) is 0.324. The molecular weight excluding hydrogens is 274 g/mol. The summed E-state index contributed by atoms with van der Waals surface area (Å²) < 4.78 is 4.75. The zero-order valence-electron chi connectivity index (χ0n) is 11.5. The SMILES string of the molecule is CC(C)(C)OC(=O)NC(=O)[C@H](O)[C@@H](O)[C@H](O)[C@H](O)CO. The zero-order chi connectivity index (χ0) is 16.1. The topological polar surface area (TPSA) is 157 Å². The van der Waals surface area contributed by atoms with Crippen molar-refractivity contribution in [3.05, 3.63) is 0 Å². The summed E-state index contributed by atoms with van der Waals surface area (Å²) in [4.78, 5) is 22.7. The van der Waals surface area contributed by atoms with Gasteiger partial charge in [-0.3, -0.25) is 10.1 Å². The smallest absolute Gasteiger partial charge is 0.414 e. The van der Waals surface area contributed by atoms with Crippen LogP contribution in [0.25, 0.3) is 0 Å². The summed E-state index contributed by atoms with van der Waals surface area (Å²) in [6, 6.07) is 0. The molecule has 0 rings (SSSR count). The molecule has 6 N–H and O–H groups in total. The predicted octanol–water partition coefficient (Wildman–Crippen LogP) is -2.53. The molecule has 0 aliphatic rings. The van der Waals surface area contributed by atoms with Crippen LogP contribution in [0, 0.1) is 0 Å². The van der Waals surface area contributed by atoms with Crippen LogP contribution in [0.1, 0.15) is 20.8 Å². The summed E-state index contributed by atoms with van der Waals surface area (Å²) in [5, 5.41) is 47.5. The Balaban J connectivity index is 4.51. The van der Waals surface area contributed by atoms with E-state index in [0.717, 1.165) is 0 Å². The van der Waals surface area contributed by atoms with Crippen LogP contribution in [0.3, 0.4) is 0 Å². The maximum Gasteiger partial charge on any atom is 0.414 e. The molecule has 0 aromatic rings. The van der Waals surface area contributed by atoms with E-state index < -0.39 is 48.6 Å². The second kappa shape index (κ2) is 7.50. The van der Waals surface area contributed by atoms with Gasteiger partial charge >= 0.3 is 6.09 Å². The number of aliphatic hydroxyl groups is 5. The van der Waals surface area contributed by atoms with Crippen LogP contribution in [0.15, 0.2) is 0 Å². The van der Waals surface area contributed by atoms with Gasteiger partial charge in [-0.25, -0.2) is 4.79 Å². The van der Waals surface area contributed by atoms with E-state index in [1.54, 1.807) is 26.1 Å². The molecule has 0 fully saturated rings. The first-order valence-electron chi connectivity index (χ1n) is 5.86. The fourth-order valence-electron chi connectivity index (χ4n) is 1.16. The molecule has 118 valence electrons. The first kappa shape index (κ1) is 18.7. The molecule has 0 aromatic heterocycles. The van der Waals surface area contributed by atoms with Crippen molar-refractivity contribution in [3.63, 3.8) is 0 Å². The Morgan fingerprint density at radius 3 is 2.00 bits per heavy atom. The van der Waals surface area contributed by atoms with E-state index in [1.165, 1.54) is 0 Å². The summed E-state index contributed by atoms with van der Waals surface area (Å²) in [5.41, 5.74) is -0.861. The molecule has 0 unspecified atom stereocenters. The van der Waals surface area contributed by atoms with Gasteiger partial charge in [0.2, 0.25) is 0 Å². The molecule has 0 aliphatic carbocycles. The van der Waals surface area contributed by atoms with Crippen LogP contribution in [-0.4, -0.2) is 74.2 Å². The van der Waals surface area contributed by atoms with Crippen LogP contribution in [-0.2, 0) is 9.53 Å². The number of hydrogen-bond acceptors (Lipinski definition) is 8. The number of aliphatic hydroxyl groups excluding tert-OH is 5. The zero-order valence-corrected chi connectivity index (χ0v) is 11.5. The van der Waals surface area contributed by atoms with E-state index in [-0.39, 0.29) is 0 Å². The first-order valence-corrected chi connectivity index (χ1v) is 5.86. The van der Waals surface area contributed by atoms with Crippen molar-refractivity contribution >= 4 is 12.0 Å². The van der Waals surface area contributed by atoms with Crippen LogP contribution in [0.5, 0.6) is 0 Å². The van der Waals surface area contributed by atoms with Gasteiger partial charge in [0, 0.05) is 0 Å². The molecule has 0 saturated heterocycles. The monoisotopic (exact) mass is 295 g/mol. The highest BCUT2D eigenvalue weighted by molar-refractivity contribution is 5.94. The highest BCUT2D eigenvalue weighted by Gasteiger charge is 2.35. The average molecular weight is 295 g/mol. The maximum atomic E-state index is 11.4. The van der Waals surface area contributed by atoms with Gasteiger partial charge in [-0.15, -0.1) is 0 Å². The van der Waals surface area contributed by atoms with Crippen molar-refractivity contribution in [2.45, 2.75) is 50.8 Å². The Morgan fingerprint density at radius 2 is 1.60 bits per heavy atom. The molecule has 0 bridgehead atoms. The summed E-state index contributed by atoms with van der Waals surface area (Å²) in [6.07, 6.45) is -9.10. The van der Waals surface area contributed by atoms with Gasteiger partial charge in [0.05, 0.1) is 6.61 Å². The fraction of sp³-hybridized carbons (Fsp3) is 0.818.